The van der Waals surface area contributed by atoms with Gasteiger partial charge in [0, 0.05) is 30.2 Å². The minimum Gasteiger partial charge on any atom is -0.481 e. The summed E-state index contributed by atoms with van der Waals surface area (Å²) < 4.78 is 42.5. The van der Waals surface area contributed by atoms with Crippen molar-refractivity contribution in [3.8, 4) is 11.4 Å². The molecule has 0 radical (unpaired) electrons. The fourth-order valence-electron chi connectivity index (χ4n) is 4.10. The molecule has 1 aliphatic rings. The maximum Gasteiger partial charge on any atom is 0.416 e. The Morgan fingerprint density at radius 2 is 1.85 bits per heavy atom. The van der Waals surface area contributed by atoms with E-state index in [0.717, 1.165) is 40.6 Å². The Kier molecular flexibility index (Phi) is 8.33. The fourth-order valence-corrected chi connectivity index (χ4v) is 4.23. The van der Waals surface area contributed by atoms with Crippen LogP contribution in [0.15, 0.2) is 53.3 Å². The number of halogens is 4. The molecule has 40 heavy (non-hydrogen) atoms. The normalized spacial score (nSPS) is 14.0. The van der Waals surface area contributed by atoms with Crippen molar-refractivity contribution in [1.82, 2.24) is 24.6 Å². The number of carboxylic acid groups (broad SMARTS) is 1. The van der Waals surface area contributed by atoms with Crippen LogP contribution in [-0.4, -0.2) is 55.7 Å². The number of alkyl halides is 3. The Hall–Kier alpha value is -4.13. The van der Waals surface area contributed by atoms with Gasteiger partial charge in [-0.15, -0.1) is 5.10 Å². The van der Waals surface area contributed by atoms with Gasteiger partial charge in [-0.25, -0.2) is 9.48 Å². The van der Waals surface area contributed by atoms with E-state index in [-0.39, 0.29) is 18.2 Å². The quantitative estimate of drug-likeness (QED) is 0.379. The van der Waals surface area contributed by atoms with Crippen molar-refractivity contribution in [3.63, 3.8) is 0 Å². The van der Waals surface area contributed by atoms with Crippen LogP contribution in [0.5, 0.6) is 0 Å². The number of hydrogen-bond acceptors (Lipinski definition) is 5. The largest absolute Gasteiger partial charge is 0.481 e. The highest BCUT2D eigenvalue weighted by molar-refractivity contribution is 6.30. The molecule has 1 atom stereocenters. The lowest BCUT2D eigenvalue weighted by molar-refractivity contribution is -0.140. The molecule has 212 valence electrons. The molecule has 4 rings (SSSR count). The summed E-state index contributed by atoms with van der Waals surface area (Å²) in [6.45, 7) is -0.851. The third-order valence-corrected chi connectivity index (χ3v) is 6.57. The van der Waals surface area contributed by atoms with Crippen molar-refractivity contribution in [3.05, 3.63) is 75.2 Å². The number of rotatable bonds is 10. The van der Waals surface area contributed by atoms with E-state index in [0.29, 0.717) is 16.4 Å². The second kappa shape index (κ2) is 11.5. The first-order valence-electron chi connectivity index (χ1n) is 12.2. The number of likely N-dealkylation sites (N-methyl/N-ethyl adjacent to an activating group) is 1. The van der Waals surface area contributed by atoms with Gasteiger partial charge in [-0.05, 0) is 54.8 Å². The minimum absolute atomic E-state index is 0.0858. The predicted molar refractivity (Wildman–Crippen MR) is 137 cm³/mol. The molecule has 1 unspecified atom stereocenters. The van der Waals surface area contributed by atoms with Gasteiger partial charge in [-0.3, -0.25) is 19.0 Å². The molecule has 2 N–H and O–H groups in total. The zero-order valence-corrected chi connectivity index (χ0v) is 21.9. The van der Waals surface area contributed by atoms with Gasteiger partial charge in [0.2, 0.25) is 11.8 Å². The number of carbonyl (C=O) groups is 3. The second-order valence-corrected chi connectivity index (χ2v) is 9.84. The molecule has 10 nitrogen and oxygen atoms in total. The van der Waals surface area contributed by atoms with Crippen LogP contribution in [-0.2, 0) is 27.1 Å². The van der Waals surface area contributed by atoms with E-state index in [1.165, 1.54) is 17.7 Å². The Balaban J connectivity index is 1.62. The van der Waals surface area contributed by atoms with E-state index < -0.39 is 54.2 Å². The molecule has 1 heterocycles. The third-order valence-electron chi connectivity index (χ3n) is 6.32. The number of amides is 2. The van der Waals surface area contributed by atoms with Gasteiger partial charge in [0.05, 0.1) is 12.0 Å². The number of aromatic nitrogens is 3. The average Bonchev–Trinajstić information content (AvgIpc) is 3.69. The SMILES string of the molecule is CN(CCC(=O)O)C(=O)C(NC(=O)Cn1nc(-c2ccc(Cl)cc2)n(C2CC2)c1=O)c1cccc(C(F)(F)F)c1. The van der Waals surface area contributed by atoms with Crippen LogP contribution in [0.25, 0.3) is 11.4 Å². The first kappa shape index (κ1) is 28.9. The van der Waals surface area contributed by atoms with Crippen LogP contribution in [0.1, 0.15) is 42.5 Å². The number of nitrogens with one attached hydrogen (secondary N) is 1. The fraction of sp³-hybridized carbons (Fsp3) is 0.346. The number of benzene rings is 2. The summed E-state index contributed by atoms with van der Waals surface area (Å²) in [4.78, 5) is 51.4. The lowest BCUT2D eigenvalue weighted by atomic mass is 10.0. The van der Waals surface area contributed by atoms with Crippen LogP contribution < -0.4 is 11.0 Å². The topological polar surface area (TPSA) is 127 Å². The van der Waals surface area contributed by atoms with Crippen molar-refractivity contribution in [2.24, 2.45) is 0 Å². The van der Waals surface area contributed by atoms with Gasteiger partial charge in [0.1, 0.15) is 12.6 Å². The summed E-state index contributed by atoms with van der Waals surface area (Å²) in [6, 6.07) is 8.88. The maximum absolute atomic E-state index is 13.4. The molecular formula is C26H25ClF3N5O5. The number of aliphatic carboxylic acids is 1. The number of nitrogens with zero attached hydrogens (tertiary/aromatic N) is 4. The Morgan fingerprint density at radius 3 is 2.45 bits per heavy atom. The van der Waals surface area contributed by atoms with Crippen molar-refractivity contribution < 1.29 is 32.7 Å². The molecular weight excluding hydrogens is 555 g/mol. The summed E-state index contributed by atoms with van der Waals surface area (Å²) in [5, 5.41) is 16.2. The zero-order valence-electron chi connectivity index (χ0n) is 21.2. The molecule has 1 fully saturated rings. The third kappa shape index (κ3) is 6.71. The van der Waals surface area contributed by atoms with E-state index in [9.17, 15) is 32.3 Å². The molecule has 0 saturated heterocycles. The molecule has 2 aromatic carbocycles. The van der Waals surface area contributed by atoms with Gasteiger partial charge in [0.25, 0.3) is 0 Å². The highest BCUT2D eigenvalue weighted by atomic mass is 35.5. The van der Waals surface area contributed by atoms with Gasteiger partial charge < -0.3 is 15.3 Å². The standard InChI is InChI=1S/C26H25ClF3N5O5/c1-33(12-11-21(37)38)24(39)22(16-3-2-4-17(13-16)26(28,29)30)31-20(36)14-34-25(40)35(19-9-10-19)23(32-34)15-5-7-18(27)8-6-15/h2-8,13,19,22H,9-12,14H2,1H3,(H,31,36)(H,37,38). The molecule has 2 amide bonds. The van der Waals surface area contributed by atoms with Crippen LogP contribution in [0.3, 0.4) is 0 Å². The van der Waals surface area contributed by atoms with Gasteiger partial charge >= 0.3 is 17.8 Å². The van der Waals surface area contributed by atoms with Crippen LogP contribution in [0, 0.1) is 0 Å². The van der Waals surface area contributed by atoms with E-state index in [1.54, 1.807) is 24.3 Å². The monoisotopic (exact) mass is 579 g/mol. The van der Waals surface area contributed by atoms with E-state index in [1.807, 2.05) is 0 Å². The van der Waals surface area contributed by atoms with Crippen LogP contribution in [0.2, 0.25) is 5.02 Å². The van der Waals surface area contributed by atoms with Crippen LogP contribution >= 0.6 is 11.6 Å². The summed E-state index contributed by atoms with van der Waals surface area (Å²) in [6.07, 6.45) is -3.60. The molecule has 0 aliphatic heterocycles. The Morgan fingerprint density at radius 1 is 1.18 bits per heavy atom. The van der Waals surface area contributed by atoms with E-state index in [4.69, 9.17) is 16.7 Å². The number of carbonyl (C=O) groups excluding carboxylic acids is 2. The Bertz CT molecular complexity index is 1480. The highest BCUT2D eigenvalue weighted by Crippen LogP contribution is 2.36. The van der Waals surface area contributed by atoms with Crippen LogP contribution in [0.4, 0.5) is 13.2 Å². The second-order valence-electron chi connectivity index (χ2n) is 9.40. The molecule has 3 aromatic rings. The number of carboxylic acids is 1. The lowest BCUT2D eigenvalue weighted by Gasteiger charge is -2.25. The molecule has 1 saturated carbocycles. The van der Waals surface area contributed by atoms with Gasteiger partial charge in [0.15, 0.2) is 5.82 Å². The molecule has 14 heteroatoms. The Labute approximate surface area is 231 Å². The summed E-state index contributed by atoms with van der Waals surface area (Å²) in [7, 11) is 1.28. The molecule has 1 aromatic heterocycles. The predicted octanol–water partition coefficient (Wildman–Crippen LogP) is 3.51. The van der Waals surface area contributed by atoms with Crippen molar-refractivity contribution in [2.75, 3.05) is 13.6 Å². The van der Waals surface area contributed by atoms with Crippen molar-refractivity contribution in [2.45, 2.75) is 44.1 Å². The summed E-state index contributed by atoms with van der Waals surface area (Å²) in [5.41, 5.74) is -1.14. The summed E-state index contributed by atoms with van der Waals surface area (Å²) >= 11 is 5.97. The number of hydrogen-bond donors (Lipinski definition) is 2. The molecule has 0 spiro atoms. The average molecular weight is 580 g/mol. The zero-order chi connectivity index (χ0) is 29.2. The van der Waals surface area contributed by atoms with Crippen molar-refractivity contribution >= 4 is 29.4 Å². The first-order valence-corrected chi connectivity index (χ1v) is 12.6. The molecule has 1 aliphatic carbocycles. The summed E-state index contributed by atoms with van der Waals surface area (Å²) in [5.74, 6) is -2.53. The van der Waals surface area contributed by atoms with Gasteiger partial charge in [-0.1, -0.05) is 23.7 Å². The maximum atomic E-state index is 13.4. The first-order chi connectivity index (χ1) is 18.8. The highest BCUT2D eigenvalue weighted by Gasteiger charge is 2.34. The minimum atomic E-state index is -4.70. The van der Waals surface area contributed by atoms with E-state index >= 15 is 0 Å². The smallest absolute Gasteiger partial charge is 0.416 e. The lowest BCUT2D eigenvalue weighted by Crippen LogP contribution is -2.43. The molecule has 0 bridgehead atoms. The van der Waals surface area contributed by atoms with Gasteiger partial charge in [-0.2, -0.15) is 13.2 Å². The van der Waals surface area contributed by atoms with Crippen molar-refractivity contribution in [1.29, 1.82) is 0 Å². The van der Waals surface area contributed by atoms with E-state index in [2.05, 4.69) is 10.4 Å².